The van der Waals surface area contributed by atoms with Crippen molar-refractivity contribution in [2.75, 3.05) is 13.2 Å². The zero-order chi connectivity index (χ0) is 14.0. The molecule has 3 heteroatoms. The Labute approximate surface area is 121 Å². The van der Waals surface area contributed by atoms with Crippen LogP contribution in [0.25, 0.3) is 0 Å². The van der Waals surface area contributed by atoms with Gasteiger partial charge in [-0.3, -0.25) is 0 Å². The van der Waals surface area contributed by atoms with E-state index in [0.29, 0.717) is 6.04 Å². The second-order valence-corrected chi connectivity index (χ2v) is 6.96. The fraction of sp³-hybridized carbons (Fsp3) is 0.625. The zero-order valence-corrected chi connectivity index (χ0v) is 13.1. The molecule has 2 rings (SSSR count). The highest BCUT2D eigenvalue weighted by Gasteiger charge is 2.24. The van der Waals surface area contributed by atoms with Gasteiger partial charge < -0.3 is 10.1 Å². The van der Waals surface area contributed by atoms with E-state index in [2.05, 4.69) is 39.1 Å². The van der Waals surface area contributed by atoms with Crippen molar-refractivity contribution in [1.29, 1.82) is 0 Å². The Morgan fingerprint density at radius 2 is 2.11 bits per heavy atom. The maximum Gasteiger partial charge on any atom is 0.125 e. The van der Waals surface area contributed by atoms with E-state index in [-0.39, 0.29) is 5.41 Å². The Morgan fingerprint density at radius 1 is 1.37 bits per heavy atom. The molecule has 0 aromatic heterocycles. The summed E-state index contributed by atoms with van der Waals surface area (Å²) in [5.74, 6) is 1.07. The van der Waals surface area contributed by atoms with Crippen molar-refractivity contribution < 1.29 is 4.74 Å². The molecule has 1 N–H and O–H groups in total. The van der Waals surface area contributed by atoms with E-state index in [1.807, 2.05) is 6.07 Å². The summed E-state index contributed by atoms with van der Waals surface area (Å²) >= 11 is 6.21. The molecule has 0 saturated heterocycles. The molecular formula is C16H24ClNO. The number of halogens is 1. The molecule has 1 aromatic rings. The van der Waals surface area contributed by atoms with Crippen LogP contribution >= 0.6 is 11.6 Å². The average Bonchev–Trinajstić information content (AvgIpc) is 2.74. The summed E-state index contributed by atoms with van der Waals surface area (Å²) in [4.78, 5) is 0. The van der Waals surface area contributed by atoms with Crippen molar-refractivity contribution in [3.63, 3.8) is 0 Å². The smallest absolute Gasteiger partial charge is 0.125 e. The van der Waals surface area contributed by atoms with E-state index < -0.39 is 0 Å². The summed E-state index contributed by atoms with van der Waals surface area (Å²) in [7, 11) is 0. The van der Waals surface area contributed by atoms with Crippen LogP contribution in [0.2, 0.25) is 5.02 Å². The molecule has 106 valence electrons. The van der Waals surface area contributed by atoms with Gasteiger partial charge in [0.25, 0.3) is 0 Å². The third kappa shape index (κ3) is 3.87. The number of ether oxygens (including phenoxy) is 1. The molecule has 1 aromatic carbocycles. The molecule has 0 unspecified atom stereocenters. The minimum atomic E-state index is 0.189. The minimum absolute atomic E-state index is 0.189. The molecule has 1 aliphatic rings. The van der Waals surface area contributed by atoms with Gasteiger partial charge in [0.15, 0.2) is 0 Å². The predicted molar refractivity (Wildman–Crippen MR) is 81.3 cm³/mol. The fourth-order valence-corrected chi connectivity index (χ4v) is 2.80. The van der Waals surface area contributed by atoms with Crippen molar-refractivity contribution in [1.82, 2.24) is 5.32 Å². The first-order valence-corrected chi connectivity index (χ1v) is 7.43. The van der Waals surface area contributed by atoms with Gasteiger partial charge >= 0.3 is 0 Å². The summed E-state index contributed by atoms with van der Waals surface area (Å²) in [5, 5.41) is 4.34. The van der Waals surface area contributed by atoms with Gasteiger partial charge in [-0.05, 0) is 35.1 Å². The van der Waals surface area contributed by atoms with Gasteiger partial charge in [0.2, 0.25) is 0 Å². The van der Waals surface area contributed by atoms with Crippen molar-refractivity contribution in [2.24, 2.45) is 5.41 Å². The predicted octanol–water partition coefficient (Wildman–Crippen LogP) is 3.84. The molecule has 1 aliphatic heterocycles. The summed E-state index contributed by atoms with van der Waals surface area (Å²) in [5.41, 5.74) is 2.69. The molecular weight excluding hydrogens is 258 g/mol. The molecule has 0 radical (unpaired) electrons. The maximum absolute atomic E-state index is 6.21. The minimum Gasteiger partial charge on any atom is -0.493 e. The molecule has 0 spiro atoms. The number of nitrogens with one attached hydrogen (secondary N) is 1. The van der Waals surface area contributed by atoms with Crippen LogP contribution in [0.1, 0.15) is 38.8 Å². The average molecular weight is 282 g/mol. The fourth-order valence-electron chi connectivity index (χ4n) is 2.54. The normalized spacial score (nSPS) is 14.6. The van der Waals surface area contributed by atoms with E-state index in [0.717, 1.165) is 36.8 Å². The Kier molecular flexibility index (Phi) is 4.42. The first-order valence-electron chi connectivity index (χ1n) is 7.05. The SMILES string of the molecule is CC(C)NCC(C)(C)Cc1cc(Cl)cc2c1OCC2. The van der Waals surface area contributed by atoms with Gasteiger partial charge in [-0.15, -0.1) is 0 Å². The lowest BCUT2D eigenvalue weighted by Crippen LogP contribution is -2.35. The van der Waals surface area contributed by atoms with Gasteiger partial charge in [-0.25, -0.2) is 0 Å². The Balaban J connectivity index is 2.14. The van der Waals surface area contributed by atoms with Gasteiger partial charge in [0.05, 0.1) is 6.61 Å². The molecule has 0 saturated carbocycles. The van der Waals surface area contributed by atoms with Crippen molar-refractivity contribution in [2.45, 2.75) is 46.6 Å². The number of hydrogen-bond acceptors (Lipinski definition) is 2. The van der Waals surface area contributed by atoms with E-state index in [1.165, 1.54) is 11.1 Å². The largest absolute Gasteiger partial charge is 0.493 e. The van der Waals surface area contributed by atoms with Gasteiger partial charge in [-0.1, -0.05) is 39.3 Å². The lowest BCUT2D eigenvalue weighted by atomic mass is 9.84. The van der Waals surface area contributed by atoms with Gasteiger partial charge in [-0.2, -0.15) is 0 Å². The maximum atomic E-state index is 6.21. The molecule has 0 atom stereocenters. The highest BCUT2D eigenvalue weighted by Crippen LogP contribution is 2.36. The molecule has 2 nitrogen and oxygen atoms in total. The van der Waals surface area contributed by atoms with E-state index in [9.17, 15) is 0 Å². The summed E-state index contributed by atoms with van der Waals surface area (Å²) in [6.07, 6.45) is 1.96. The molecule has 1 heterocycles. The van der Waals surface area contributed by atoms with Gasteiger partial charge in [0, 0.05) is 24.0 Å². The van der Waals surface area contributed by atoms with Crippen LogP contribution in [0.4, 0.5) is 0 Å². The summed E-state index contributed by atoms with van der Waals surface area (Å²) in [6, 6.07) is 4.61. The molecule has 0 bridgehead atoms. The Morgan fingerprint density at radius 3 is 2.79 bits per heavy atom. The topological polar surface area (TPSA) is 21.3 Å². The Bertz CT molecular complexity index is 454. The van der Waals surface area contributed by atoms with Crippen LogP contribution in [0, 0.1) is 5.41 Å². The van der Waals surface area contributed by atoms with Crippen molar-refractivity contribution >= 4 is 11.6 Å². The Hall–Kier alpha value is -0.730. The van der Waals surface area contributed by atoms with Crippen molar-refractivity contribution in [3.05, 3.63) is 28.3 Å². The van der Waals surface area contributed by atoms with Crippen LogP contribution in [0.5, 0.6) is 5.75 Å². The van der Waals surface area contributed by atoms with E-state index in [4.69, 9.17) is 16.3 Å². The molecule has 0 aliphatic carbocycles. The lowest BCUT2D eigenvalue weighted by molar-refractivity contribution is 0.312. The number of rotatable bonds is 5. The molecule has 19 heavy (non-hydrogen) atoms. The number of benzene rings is 1. The van der Waals surface area contributed by atoms with Crippen LogP contribution in [0.15, 0.2) is 12.1 Å². The van der Waals surface area contributed by atoms with E-state index in [1.54, 1.807) is 0 Å². The number of fused-ring (bicyclic) bond motifs is 1. The van der Waals surface area contributed by atoms with Crippen LogP contribution < -0.4 is 10.1 Å². The molecule has 0 amide bonds. The van der Waals surface area contributed by atoms with Crippen LogP contribution in [-0.4, -0.2) is 19.2 Å². The third-order valence-electron chi connectivity index (χ3n) is 3.48. The van der Waals surface area contributed by atoms with Crippen LogP contribution in [0.3, 0.4) is 0 Å². The first-order chi connectivity index (χ1) is 8.87. The summed E-state index contributed by atoms with van der Waals surface area (Å²) < 4.78 is 5.78. The van der Waals surface area contributed by atoms with Crippen LogP contribution in [-0.2, 0) is 12.8 Å². The quantitative estimate of drug-likeness (QED) is 0.885. The second kappa shape index (κ2) is 5.72. The third-order valence-corrected chi connectivity index (χ3v) is 3.70. The molecule has 0 fully saturated rings. The summed E-state index contributed by atoms with van der Waals surface area (Å²) in [6.45, 7) is 10.7. The number of hydrogen-bond donors (Lipinski definition) is 1. The van der Waals surface area contributed by atoms with E-state index >= 15 is 0 Å². The first kappa shape index (κ1) is 14.7. The standard InChI is InChI=1S/C16H24ClNO/c1-11(2)18-10-16(3,4)9-13-8-14(17)7-12-5-6-19-15(12)13/h7-8,11,18H,5-6,9-10H2,1-4H3. The highest BCUT2D eigenvalue weighted by atomic mass is 35.5. The lowest BCUT2D eigenvalue weighted by Gasteiger charge is -2.27. The zero-order valence-electron chi connectivity index (χ0n) is 12.3. The van der Waals surface area contributed by atoms with Gasteiger partial charge in [0.1, 0.15) is 5.75 Å². The highest BCUT2D eigenvalue weighted by molar-refractivity contribution is 6.30. The van der Waals surface area contributed by atoms with Crippen molar-refractivity contribution in [3.8, 4) is 5.75 Å². The monoisotopic (exact) mass is 281 g/mol. The second-order valence-electron chi connectivity index (χ2n) is 6.53.